The van der Waals surface area contributed by atoms with Crippen LogP contribution >= 0.6 is 0 Å². The lowest BCUT2D eigenvalue weighted by Gasteiger charge is -2.12. The van der Waals surface area contributed by atoms with Crippen LogP contribution in [0.3, 0.4) is 0 Å². The highest BCUT2D eigenvalue weighted by atomic mass is 16.5. The molecule has 0 aliphatic carbocycles. The van der Waals surface area contributed by atoms with E-state index in [1.165, 1.54) is 7.11 Å². The number of rotatable bonds is 6. The molecule has 5 heteroatoms. The van der Waals surface area contributed by atoms with E-state index in [4.69, 9.17) is 19.5 Å². The second-order valence-corrected chi connectivity index (χ2v) is 4.83. The van der Waals surface area contributed by atoms with Gasteiger partial charge in [-0.05, 0) is 37.3 Å². The SMILES string of the molecule is COC(=O)c1cc(C)ccc1OCCOc1cccc(C#N)c1. The first kappa shape index (κ1) is 16.4. The van der Waals surface area contributed by atoms with E-state index < -0.39 is 5.97 Å². The zero-order valence-corrected chi connectivity index (χ0v) is 13.0. The van der Waals surface area contributed by atoms with Gasteiger partial charge < -0.3 is 14.2 Å². The first-order valence-electron chi connectivity index (χ1n) is 7.09. The molecule has 0 heterocycles. The van der Waals surface area contributed by atoms with Gasteiger partial charge in [0.05, 0.1) is 18.7 Å². The smallest absolute Gasteiger partial charge is 0.341 e. The van der Waals surface area contributed by atoms with Gasteiger partial charge in [-0.15, -0.1) is 0 Å². The number of ether oxygens (including phenoxy) is 3. The third-order valence-corrected chi connectivity index (χ3v) is 3.11. The van der Waals surface area contributed by atoms with Crippen LogP contribution in [0, 0.1) is 18.3 Å². The number of methoxy groups -OCH3 is 1. The lowest BCUT2D eigenvalue weighted by molar-refractivity contribution is 0.0595. The fourth-order valence-electron chi connectivity index (χ4n) is 2.01. The number of hydrogen-bond acceptors (Lipinski definition) is 5. The van der Waals surface area contributed by atoms with Crippen molar-refractivity contribution >= 4 is 5.97 Å². The number of nitrogens with zero attached hydrogens (tertiary/aromatic N) is 1. The number of benzene rings is 2. The Bertz CT molecular complexity index is 734. The fraction of sp³-hybridized carbons (Fsp3) is 0.222. The summed E-state index contributed by atoms with van der Waals surface area (Å²) in [6.45, 7) is 2.45. The standard InChI is InChI=1S/C18H17NO4/c1-13-6-7-17(16(10-13)18(20)21-2)23-9-8-22-15-5-3-4-14(11-15)12-19/h3-7,10-11H,8-9H2,1-2H3. The van der Waals surface area contributed by atoms with E-state index in [1.807, 2.05) is 13.0 Å². The molecule has 0 aromatic heterocycles. The summed E-state index contributed by atoms with van der Waals surface area (Å²) in [4.78, 5) is 11.7. The number of esters is 1. The van der Waals surface area contributed by atoms with Crippen molar-refractivity contribution in [1.82, 2.24) is 0 Å². The van der Waals surface area contributed by atoms with E-state index in [1.54, 1.807) is 36.4 Å². The predicted molar refractivity (Wildman–Crippen MR) is 84.7 cm³/mol. The molecule has 0 radical (unpaired) electrons. The van der Waals surface area contributed by atoms with E-state index >= 15 is 0 Å². The lowest BCUT2D eigenvalue weighted by Crippen LogP contribution is -2.12. The highest BCUT2D eigenvalue weighted by Gasteiger charge is 2.13. The molecule has 5 nitrogen and oxygen atoms in total. The minimum Gasteiger partial charge on any atom is -0.490 e. The van der Waals surface area contributed by atoms with Crippen LogP contribution in [-0.4, -0.2) is 26.3 Å². The summed E-state index contributed by atoms with van der Waals surface area (Å²) >= 11 is 0. The van der Waals surface area contributed by atoms with Gasteiger partial charge in [0, 0.05) is 0 Å². The van der Waals surface area contributed by atoms with Crippen LogP contribution in [0.25, 0.3) is 0 Å². The lowest BCUT2D eigenvalue weighted by atomic mass is 10.1. The Balaban J connectivity index is 1.94. The molecule has 118 valence electrons. The Kier molecular flexibility index (Phi) is 5.59. The summed E-state index contributed by atoms with van der Waals surface area (Å²) in [6, 6.07) is 14.3. The van der Waals surface area contributed by atoms with E-state index in [0.717, 1.165) is 5.56 Å². The van der Waals surface area contributed by atoms with Crippen LogP contribution < -0.4 is 9.47 Å². The van der Waals surface area contributed by atoms with Gasteiger partial charge in [0.1, 0.15) is 30.3 Å². The van der Waals surface area contributed by atoms with Crippen molar-refractivity contribution in [2.75, 3.05) is 20.3 Å². The Hall–Kier alpha value is -3.00. The molecule has 0 saturated heterocycles. The van der Waals surface area contributed by atoms with Gasteiger partial charge in [-0.2, -0.15) is 5.26 Å². The summed E-state index contributed by atoms with van der Waals surface area (Å²) in [6.07, 6.45) is 0. The third kappa shape index (κ3) is 4.48. The number of nitriles is 1. The number of carbonyl (C=O) groups is 1. The Morgan fingerprint density at radius 2 is 1.91 bits per heavy atom. The Morgan fingerprint density at radius 1 is 1.13 bits per heavy atom. The van der Waals surface area contributed by atoms with Gasteiger partial charge in [-0.1, -0.05) is 17.7 Å². The molecule has 0 bridgehead atoms. The minimum absolute atomic E-state index is 0.268. The maximum atomic E-state index is 11.7. The topological polar surface area (TPSA) is 68.6 Å². The first-order chi connectivity index (χ1) is 11.1. The van der Waals surface area contributed by atoms with Crippen LogP contribution in [0.4, 0.5) is 0 Å². The number of aryl methyl sites for hydroxylation is 1. The van der Waals surface area contributed by atoms with E-state index in [0.29, 0.717) is 29.2 Å². The van der Waals surface area contributed by atoms with E-state index in [2.05, 4.69) is 6.07 Å². The van der Waals surface area contributed by atoms with Crippen LogP contribution in [0.5, 0.6) is 11.5 Å². The maximum absolute atomic E-state index is 11.7. The van der Waals surface area contributed by atoms with Crippen molar-refractivity contribution in [2.24, 2.45) is 0 Å². The van der Waals surface area contributed by atoms with E-state index in [-0.39, 0.29) is 6.61 Å². The average molecular weight is 311 g/mol. The molecule has 2 aromatic rings. The molecule has 0 N–H and O–H groups in total. The Morgan fingerprint density at radius 3 is 2.65 bits per heavy atom. The second kappa shape index (κ2) is 7.85. The molecule has 0 aliphatic rings. The van der Waals surface area contributed by atoms with Gasteiger partial charge in [0.25, 0.3) is 0 Å². The van der Waals surface area contributed by atoms with Crippen molar-refractivity contribution in [3.05, 3.63) is 59.2 Å². The van der Waals surface area contributed by atoms with Crippen LogP contribution in [-0.2, 0) is 4.74 Å². The molecule has 0 unspecified atom stereocenters. The van der Waals surface area contributed by atoms with Gasteiger partial charge in [-0.25, -0.2) is 4.79 Å². The Labute approximate surface area is 135 Å². The van der Waals surface area contributed by atoms with Gasteiger partial charge in [-0.3, -0.25) is 0 Å². The monoisotopic (exact) mass is 311 g/mol. The predicted octanol–water partition coefficient (Wildman–Crippen LogP) is 3.11. The minimum atomic E-state index is -0.439. The number of carbonyl (C=O) groups excluding carboxylic acids is 1. The largest absolute Gasteiger partial charge is 0.490 e. The molecular formula is C18H17NO4. The third-order valence-electron chi connectivity index (χ3n) is 3.11. The van der Waals surface area contributed by atoms with Gasteiger partial charge in [0.15, 0.2) is 0 Å². The molecular weight excluding hydrogens is 294 g/mol. The molecule has 0 fully saturated rings. The molecule has 0 aliphatic heterocycles. The fourth-order valence-corrected chi connectivity index (χ4v) is 2.01. The molecule has 0 amide bonds. The molecule has 0 atom stereocenters. The van der Waals surface area contributed by atoms with Gasteiger partial charge >= 0.3 is 5.97 Å². The number of hydrogen-bond donors (Lipinski definition) is 0. The quantitative estimate of drug-likeness (QED) is 0.605. The molecule has 2 aromatic carbocycles. The highest BCUT2D eigenvalue weighted by Crippen LogP contribution is 2.21. The second-order valence-electron chi connectivity index (χ2n) is 4.83. The molecule has 2 rings (SSSR count). The van der Waals surface area contributed by atoms with Crippen molar-refractivity contribution in [3.8, 4) is 17.6 Å². The summed E-state index contributed by atoms with van der Waals surface area (Å²) in [5.41, 5.74) is 1.87. The van der Waals surface area contributed by atoms with Crippen molar-refractivity contribution in [3.63, 3.8) is 0 Å². The average Bonchev–Trinajstić information content (AvgIpc) is 2.59. The van der Waals surface area contributed by atoms with Gasteiger partial charge in [0.2, 0.25) is 0 Å². The van der Waals surface area contributed by atoms with Crippen LogP contribution in [0.2, 0.25) is 0 Å². The molecule has 0 spiro atoms. The summed E-state index contributed by atoms with van der Waals surface area (Å²) in [5, 5.41) is 8.84. The highest BCUT2D eigenvalue weighted by molar-refractivity contribution is 5.92. The van der Waals surface area contributed by atoms with Crippen molar-refractivity contribution in [2.45, 2.75) is 6.92 Å². The van der Waals surface area contributed by atoms with Crippen molar-refractivity contribution < 1.29 is 19.0 Å². The van der Waals surface area contributed by atoms with Crippen LogP contribution in [0.1, 0.15) is 21.5 Å². The van der Waals surface area contributed by atoms with Crippen LogP contribution in [0.15, 0.2) is 42.5 Å². The normalized spacial score (nSPS) is 9.78. The van der Waals surface area contributed by atoms with Crippen molar-refractivity contribution in [1.29, 1.82) is 5.26 Å². The summed E-state index contributed by atoms with van der Waals surface area (Å²) < 4.78 is 15.9. The first-order valence-corrected chi connectivity index (χ1v) is 7.09. The summed E-state index contributed by atoms with van der Waals surface area (Å²) in [5.74, 6) is 0.618. The zero-order valence-electron chi connectivity index (χ0n) is 13.0. The molecule has 0 saturated carbocycles. The maximum Gasteiger partial charge on any atom is 0.341 e. The molecule has 23 heavy (non-hydrogen) atoms. The zero-order chi connectivity index (χ0) is 16.7. The van der Waals surface area contributed by atoms with E-state index in [9.17, 15) is 4.79 Å². The summed E-state index contributed by atoms with van der Waals surface area (Å²) in [7, 11) is 1.33.